The number of fused-ring (bicyclic) bond motifs is 1. The summed E-state index contributed by atoms with van der Waals surface area (Å²) in [5.41, 5.74) is 3.62. The van der Waals surface area contributed by atoms with E-state index >= 15 is 0 Å². The Balaban J connectivity index is 0.00000161. The fourth-order valence-corrected chi connectivity index (χ4v) is 3.38. The summed E-state index contributed by atoms with van der Waals surface area (Å²) in [5.74, 6) is 0.813. The highest BCUT2D eigenvalue weighted by molar-refractivity contribution is 5.94. The maximum atomic E-state index is 12.2. The third-order valence-electron chi connectivity index (χ3n) is 4.60. The molecule has 0 bridgehead atoms. The summed E-state index contributed by atoms with van der Waals surface area (Å²) in [5, 5.41) is 6.49. The van der Waals surface area contributed by atoms with Crippen LogP contribution in [0.4, 0.5) is 0 Å². The van der Waals surface area contributed by atoms with Gasteiger partial charge in [0.15, 0.2) is 0 Å². The van der Waals surface area contributed by atoms with Crippen LogP contribution in [0, 0.1) is 5.92 Å². The molecule has 4 heteroatoms. The van der Waals surface area contributed by atoms with Crippen molar-refractivity contribution in [3.05, 3.63) is 34.9 Å². The molecule has 0 radical (unpaired) electrons. The molecule has 1 heterocycles. The van der Waals surface area contributed by atoms with Crippen LogP contribution >= 0.6 is 12.4 Å². The summed E-state index contributed by atoms with van der Waals surface area (Å²) in [4.78, 5) is 12.2. The summed E-state index contributed by atoms with van der Waals surface area (Å²) in [7, 11) is 0. The van der Waals surface area contributed by atoms with Gasteiger partial charge in [0, 0.05) is 12.1 Å². The molecule has 0 spiro atoms. The van der Waals surface area contributed by atoms with Gasteiger partial charge in [-0.1, -0.05) is 6.07 Å². The van der Waals surface area contributed by atoms with E-state index in [4.69, 9.17) is 0 Å². The predicted molar refractivity (Wildman–Crippen MR) is 88.3 cm³/mol. The van der Waals surface area contributed by atoms with Gasteiger partial charge in [0.25, 0.3) is 5.91 Å². The molecule has 1 aliphatic heterocycles. The molecule has 0 saturated carbocycles. The summed E-state index contributed by atoms with van der Waals surface area (Å²) < 4.78 is 0. The first-order valence-electron chi connectivity index (χ1n) is 7.93. The molecule has 1 aliphatic carbocycles. The minimum absolute atomic E-state index is 0. The van der Waals surface area contributed by atoms with Crippen LogP contribution in [0.2, 0.25) is 0 Å². The van der Waals surface area contributed by atoms with Crippen LogP contribution in [0.15, 0.2) is 18.2 Å². The molecule has 3 nitrogen and oxygen atoms in total. The number of nitrogens with one attached hydrogen (secondary N) is 2. The molecule has 1 aromatic carbocycles. The van der Waals surface area contributed by atoms with Gasteiger partial charge in [0.2, 0.25) is 0 Å². The second-order valence-electron chi connectivity index (χ2n) is 6.09. The van der Waals surface area contributed by atoms with Crippen LogP contribution in [-0.4, -0.2) is 25.5 Å². The summed E-state index contributed by atoms with van der Waals surface area (Å²) in [6.45, 7) is 3.05. The summed E-state index contributed by atoms with van der Waals surface area (Å²) in [6.07, 6.45) is 7.18. The molecule has 116 valence electrons. The van der Waals surface area contributed by atoms with E-state index in [0.29, 0.717) is 0 Å². The fourth-order valence-electron chi connectivity index (χ4n) is 3.38. The monoisotopic (exact) mass is 308 g/mol. The average molecular weight is 309 g/mol. The lowest BCUT2D eigenvalue weighted by molar-refractivity contribution is 0.0950. The summed E-state index contributed by atoms with van der Waals surface area (Å²) in [6, 6.07) is 6.18. The van der Waals surface area contributed by atoms with Crippen molar-refractivity contribution in [2.45, 2.75) is 38.5 Å². The fraction of sp³-hybridized carbons (Fsp3) is 0.588. The highest BCUT2D eigenvalue weighted by Gasteiger charge is 2.15. The Bertz CT molecular complexity index is 484. The molecule has 1 fully saturated rings. The van der Waals surface area contributed by atoms with Gasteiger partial charge in [-0.15, -0.1) is 12.4 Å². The Kier molecular flexibility index (Phi) is 6.07. The number of aryl methyl sites for hydroxylation is 2. The maximum absolute atomic E-state index is 12.2. The number of carbonyl (C=O) groups is 1. The highest BCUT2D eigenvalue weighted by atomic mass is 35.5. The van der Waals surface area contributed by atoms with Gasteiger partial charge in [0.05, 0.1) is 0 Å². The zero-order chi connectivity index (χ0) is 13.8. The standard InChI is InChI=1S/C17H24N2O.ClH/c20-17(19-10-8-13-3-2-9-18-12-13)16-7-6-14-4-1-5-15(14)11-16;/h6-7,11,13,18H,1-5,8-10,12H2,(H,19,20);1H. The van der Waals surface area contributed by atoms with Gasteiger partial charge >= 0.3 is 0 Å². The zero-order valence-electron chi connectivity index (χ0n) is 12.5. The van der Waals surface area contributed by atoms with Crippen molar-refractivity contribution < 1.29 is 4.79 Å². The molecule has 2 N–H and O–H groups in total. The lowest BCUT2D eigenvalue weighted by Gasteiger charge is -2.22. The van der Waals surface area contributed by atoms with Gasteiger partial charge < -0.3 is 10.6 Å². The van der Waals surface area contributed by atoms with Gasteiger partial charge in [-0.05, 0) is 80.8 Å². The lowest BCUT2D eigenvalue weighted by atomic mass is 9.96. The second-order valence-corrected chi connectivity index (χ2v) is 6.09. The number of halogens is 1. The average Bonchev–Trinajstić information content (AvgIpc) is 2.95. The predicted octanol–water partition coefficient (Wildman–Crippen LogP) is 2.72. The Morgan fingerprint density at radius 2 is 2.10 bits per heavy atom. The number of benzene rings is 1. The minimum Gasteiger partial charge on any atom is -0.352 e. The number of rotatable bonds is 4. The maximum Gasteiger partial charge on any atom is 0.251 e. The number of carbonyl (C=O) groups excluding carboxylic acids is 1. The first-order valence-corrected chi connectivity index (χ1v) is 7.93. The normalized spacial score (nSPS) is 20.5. The van der Waals surface area contributed by atoms with Gasteiger partial charge in [-0.25, -0.2) is 0 Å². The van der Waals surface area contributed by atoms with E-state index in [9.17, 15) is 4.79 Å². The van der Waals surface area contributed by atoms with Crippen molar-refractivity contribution in [1.29, 1.82) is 0 Å². The topological polar surface area (TPSA) is 41.1 Å². The lowest BCUT2D eigenvalue weighted by Crippen LogP contribution is -2.33. The van der Waals surface area contributed by atoms with Crippen LogP contribution in [0.3, 0.4) is 0 Å². The molecule has 2 aliphatic rings. The Labute approximate surface area is 133 Å². The molecule has 0 aromatic heterocycles. The number of piperidine rings is 1. The molecular weight excluding hydrogens is 284 g/mol. The van der Waals surface area contributed by atoms with Crippen LogP contribution in [-0.2, 0) is 12.8 Å². The highest BCUT2D eigenvalue weighted by Crippen LogP contribution is 2.22. The van der Waals surface area contributed by atoms with Crippen LogP contribution in [0.5, 0.6) is 0 Å². The van der Waals surface area contributed by atoms with Crippen LogP contribution in [0.25, 0.3) is 0 Å². The zero-order valence-corrected chi connectivity index (χ0v) is 13.3. The van der Waals surface area contributed by atoms with E-state index in [1.807, 2.05) is 6.07 Å². The van der Waals surface area contributed by atoms with Crippen molar-refractivity contribution in [2.24, 2.45) is 5.92 Å². The number of amides is 1. The second kappa shape index (κ2) is 7.81. The van der Waals surface area contributed by atoms with Crippen LogP contribution in [0.1, 0.15) is 47.2 Å². The molecule has 1 saturated heterocycles. The molecule has 1 unspecified atom stereocenters. The van der Waals surface area contributed by atoms with Crippen molar-refractivity contribution in [2.75, 3.05) is 19.6 Å². The Morgan fingerprint density at radius 3 is 2.90 bits per heavy atom. The van der Waals surface area contributed by atoms with Crippen molar-refractivity contribution >= 4 is 18.3 Å². The first kappa shape index (κ1) is 16.3. The van der Waals surface area contributed by atoms with E-state index in [1.165, 1.54) is 36.8 Å². The molecule has 1 aromatic rings. The van der Waals surface area contributed by atoms with E-state index < -0.39 is 0 Å². The van der Waals surface area contributed by atoms with Crippen LogP contribution < -0.4 is 10.6 Å². The summed E-state index contributed by atoms with van der Waals surface area (Å²) >= 11 is 0. The van der Waals surface area contributed by atoms with E-state index in [1.54, 1.807) is 0 Å². The molecular formula is C17H25ClN2O. The minimum atomic E-state index is 0. The first-order chi connectivity index (χ1) is 9.83. The van der Waals surface area contributed by atoms with Gasteiger partial charge in [-0.2, -0.15) is 0 Å². The van der Waals surface area contributed by atoms with Gasteiger partial charge in [-0.3, -0.25) is 4.79 Å². The third-order valence-corrected chi connectivity index (χ3v) is 4.60. The van der Waals surface area contributed by atoms with E-state index in [-0.39, 0.29) is 18.3 Å². The Morgan fingerprint density at radius 1 is 1.24 bits per heavy atom. The number of hydrogen-bond donors (Lipinski definition) is 2. The van der Waals surface area contributed by atoms with Crippen molar-refractivity contribution in [3.63, 3.8) is 0 Å². The van der Waals surface area contributed by atoms with Crippen molar-refractivity contribution in [3.8, 4) is 0 Å². The quantitative estimate of drug-likeness (QED) is 0.898. The van der Waals surface area contributed by atoms with Crippen molar-refractivity contribution in [1.82, 2.24) is 10.6 Å². The Hall–Kier alpha value is -1.06. The molecule has 21 heavy (non-hydrogen) atoms. The third kappa shape index (κ3) is 4.21. The molecule has 1 amide bonds. The smallest absolute Gasteiger partial charge is 0.251 e. The van der Waals surface area contributed by atoms with Gasteiger partial charge in [0.1, 0.15) is 0 Å². The van der Waals surface area contributed by atoms with E-state index in [2.05, 4.69) is 22.8 Å². The molecule has 1 atom stereocenters. The van der Waals surface area contributed by atoms with E-state index in [0.717, 1.165) is 44.0 Å². The molecule has 3 rings (SSSR count). The SMILES string of the molecule is Cl.O=C(NCCC1CCCNC1)c1ccc2c(c1)CCC2. The number of hydrogen-bond acceptors (Lipinski definition) is 2. The largest absolute Gasteiger partial charge is 0.352 e.